The Hall–Kier alpha value is -2.09. The molecule has 1 N–H and O–H groups in total. The van der Waals surface area contributed by atoms with Gasteiger partial charge in [-0.3, -0.25) is 19.2 Å². The Morgan fingerprint density at radius 2 is 1.74 bits per heavy atom. The summed E-state index contributed by atoms with van der Waals surface area (Å²) in [7, 11) is 0. The summed E-state index contributed by atoms with van der Waals surface area (Å²) in [6, 6.07) is 7.09. The van der Waals surface area contributed by atoms with Gasteiger partial charge in [0.25, 0.3) is 5.91 Å². The summed E-state index contributed by atoms with van der Waals surface area (Å²) < 4.78 is 1.48. The molecular formula is C18H20Cl2N4O3. The van der Waals surface area contributed by atoms with Crippen molar-refractivity contribution in [2.24, 2.45) is 0 Å². The zero-order valence-corrected chi connectivity index (χ0v) is 16.2. The van der Waals surface area contributed by atoms with E-state index in [0.29, 0.717) is 48.5 Å². The molecule has 0 aliphatic carbocycles. The van der Waals surface area contributed by atoms with Gasteiger partial charge in [-0.05, 0) is 18.2 Å². The zero-order valence-electron chi connectivity index (χ0n) is 14.6. The van der Waals surface area contributed by atoms with Crippen molar-refractivity contribution in [2.75, 3.05) is 26.2 Å². The van der Waals surface area contributed by atoms with Crippen molar-refractivity contribution in [3.8, 4) is 0 Å². The molecule has 0 atom stereocenters. The van der Waals surface area contributed by atoms with E-state index < -0.39 is 5.97 Å². The number of aryl methyl sites for hydroxylation is 1. The highest BCUT2D eigenvalue weighted by molar-refractivity contribution is 6.35. The molecule has 27 heavy (non-hydrogen) atoms. The maximum absolute atomic E-state index is 12.6. The molecule has 1 aliphatic rings. The lowest BCUT2D eigenvalue weighted by Crippen LogP contribution is -2.48. The normalized spacial score (nSPS) is 15.1. The number of carboxylic acid groups (broad SMARTS) is 1. The number of hydrogen-bond donors (Lipinski definition) is 1. The molecule has 0 radical (unpaired) electrons. The first-order chi connectivity index (χ1) is 12.9. The van der Waals surface area contributed by atoms with Gasteiger partial charge in [0, 0.05) is 54.5 Å². The van der Waals surface area contributed by atoms with Crippen molar-refractivity contribution in [2.45, 2.75) is 19.5 Å². The highest BCUT2D eigenvalue weighted by atomic mass is 35.5. The topological polar surface area (TPSA) is 78.7 Å². The predicted octanol–water partition coefficient (Wildman–Crippen LogP) is 2.62. The average molecular weight is 411 g/mol. The number of rotatable bonds is 6. The van der Waals surface area contributed by atoms with E-state index >= 15 is 0 Å². The van der Waals surface area contributed by atoms with Gasteiger partial charge < -0.3 is 10.0 Å². The summed E-state index contributed by atoms with van der Waals surface area (Å²) in [6.07, 6.45) is 1.60. The van der Waals surface area contributed by atoms with E-state index in [1.165, 1.54) is 4.68 Å². The summed E-state index contributed by atoms with van der Waals surface area (Å²) in [5.41, 5.74) is 1.24. The number of carbonyl (C=O) groups is 2. The largest absolute Gasteiger partial charge is 0.481 e. The maximum atomic E-state index is 12.6. The van der Waals surface area contributed by atoms with Crippen LogP contribution >= 0.6 is 23.2 Å². The molecule has 1 saturated heterocycles. The molecule has 1 aromatic carbocycles. The van der Waals surface area contributed by atoms with Gasteiger partial charge in [0.05, 0.1) is 13.0 Å². The number of amides is 1. The lowest BCUT2D eigenvalue weighted by Gasteiger charge is -2.34. The Kier molecular flexibility index (Phi) is 6.36. The minimum atomic E-state index is -0.895. The lowest BCUT2D eigenvalue weighted by atomic mass is 10.2. The molecule has 0 unspecified atom stereocenters. The second-order valence-electron chi connectivity index (χ2n) is 6.38. The van der Waals surface area contributed by atoms with Crippen LogP contribution in [0.4, 0.5) is 0 Å². The van der Waals surface area contributed by atoms with E-state index in [2.05, 4.69) is 10.00 Å². The first kappa shape index (κ1) is 19.7. The number of carbonyl (C=O) groups excluding carboxylic acids is 1. The van der Waals surface area contributed by atoms with Crippen molar-refractivity contribution < 1.29 is 14.7 Å². The van der Waals surface area contributed by atoms with Gasteiger partial charge in [-0.15, -0.1) is 0 Å². The van der Waals surface area contributed by atoms with Crippen LogP contribution in [0.1, 0.15) is 22.5 Å². The fraction of sp³-hybridized carbons (Fsp3) is 0.389. The Balaban J connectivity index is 1.54. The summed E-state index contributed by atoms with van der Waals surface area (Å²) in [6.45, 7) is 3.49. The van der Waals surface area contributed by atoms with E-state index in [-0.39, 0.29) is 18.9 Å². The summed E-state index contributed by atoms with van der Waals surface area (Å²) in [5.74, 6) is -1.03. The molecule has 9 heteroatoms. The van der Waals surface area contributed by atoms with E-state index in [1.807, 2.05) is 18.2 Å². The summed E-state index contributed by atoms with van der Waals surface area (Å²) >= 11 is 12.5. The monoisotopic (exact) mass is 410 g/mol. The van der Waals surface area contributed by atoms with Crippen LogP contribution in [0.3, 0.4) is 0 Å². The Labute approximate surface area is 167 Å². The Morgan fingerprint density at radius 1 is 1.07 bits per heavy atom. The van der Waals surface area contributed by atoms with E-state index in [0.717, 1.165) is 5.56 Å². The predicted molar refractivity (Wildman–Crippen MR) is 102 cm³/mol. The molecule has 0 saturated carbocycles. The molecule has 0 spiro atoms. The van der Waals surface area contributed by atoms with Crippen LogP contribution in [0.2, 0.25) is 10.0 Å². The molecule has 2 aromatic rings. The van der Waals surface area contributed by atoms with Crippen LogP contribution in [0.5, 0.6) is 0 Å². The average Bonchev–Trinajstić information content (AvgIpc) is 3.12. The van der Waals surface area contributed by atoms with Gasteiger partial charge in [-0.25, -0.2) is 0 Å². The molecule has 144 valence electrons. The second kappa shape index (κ2) is 8.73. The van der Waals surface area contributed by atoms with Gasteiger partial charge in [0.2, 0.25) is 0 Å². The molecule has 0 bridgehead atoms. The fourth-order valence-corrected chi connectivity index (χ4v) is 3.51. The van der Waals surface area contributed by atoms with E-state index in [1.54, 1.807) is 17.2 Å². The van der Waals surface area contributed by atoms with Crippen molar-refractivity contribution in [1.82, 2.24) is 19.6 Å². The summed E-state index contributed by atoms with van der Waals surface area (Å²) in [5, 5.41) is 14.2. The highest BCUT2D eigenvalue weighted by Gasteiger charge is 2.24. The lowest BCUT2D eigenvalue weighted by molar-refractivity contribution is -0.137. The fourth-order valence-electron chi connectivity index (χ4n) is 2.99. The number of piperazine rings is 1. The summed E-state index contributed by atoms with van der Waals surface area (Å²) in [4.78, 5) is 27.2. The van der Waals surface area contributed by atoms with Crippen LogP contribution in [-0.4, -0.2) is 62.7 Å². The Bertz CT molecular complexity index is 812. The van der Waals surface area contributed by atoms with Crippen molar-refractivity contribution in [3.63, 3.8) is 0 Å². The number of nitrogens with zero attached hydrogens (tertiary/aromatic N) is 4. The molecule has 1 amide bonds. The van der Waals surface area contributed by atoms with Crippen LogP contribution in [0.25, 0.3) is 0 Å². The molecule has 1 fully saturated rings. The number of aromatic nitrogens is 2. The highest BCUT2D eigenvalue weighted by Crippen LogP contribution is 2.26. The van der Waals surface area contributed by atoms with Gasteiger partial charge >= 0.3 is 5.97 Å². The maximum Gasteiger partial charge on any atom is 0.305 e. The van der Waals surface area contributed by atoms with Crippen LogP contribution in [-0.2, 0) is 17.9 Å². The number of benzene rings is 1. The standard InChI is InChI=1S/C18H20Cl2N4O3/c19-14-2-1-3-15(20)13(14)12-22-8-10-23(11-9-22)18(27)16-4-6-24(21-16)7-5-17(25)26/h1-4,6H,5,7-12H2,(H,25,26). The minimum absolute atomic E-state index is 0.0292. The third kappa shape index (κ3) is 5.00. The van der Waals surface area contributed by atoms with Crippen molar-refractivity contribution in [3.05, 3.63) is 51.8 Å². The third-order valence-corrected chi connectivity index (χ3v) is 5.23. The Morgan fingerprint density at radius 3 is 2.37 bits per heavy atom. The van der Waals surface area contributed by atoms with Crippen LogP contribution < -0.4 is 0 Å². The van der Waals surface area contributed by atoms with E-state index in [9.17, 15) is 9.59 Å². The van der Waals surface area contributed by atoms with Gasteiger partial charge in [-0.1, -0.05) is 29.3 Å². The number of aliphatic carboxylic acids is 1. The van der Waals surface area contributed by atoms with Crippen LogP contribution in [0.15, 0.2) is 30.5 Å². The molecular weight excluding hydrogens is 391 g/mol. The van der Waals surface area contributed by atoms with Gasteiger partial charge in [-0.2, -0.15) is 5.10 Å². The SMILES string of the molecule is O=C(O)CCn1ccc(C(=O)N2CCN(Cc3c(Cl)cccc3Cl)CC2)n1. The first-order valence-electron chi connectivity index (χ1n) is 8.64. The number of hydrogen-bond acceptors (Lipinski definition) is 4. The first-order valence-corrected chi connectivity index (χ1v) is 9.39. The van der Waals surface area contributed by atoms with Crippen molar-refractivity contribution >= 4 is 35.1 Å². The zero-order chi connectivity index (χ0) is 19.4. The number of halogens is 2. The quantitative estimate of drug-likeness (QED) is 0.791. The minimum Gasteiger partial charge on any atom is -0.481 e. The van der Waals surface area contributed by atoms with Gasteiger partial charge in [0.15, 0.2) is 0 Å². The third-order valence-electron chi connectivity index (χ3n) is 4.52. The molecule has 1 aliphatic heterocycles. The molecule has 7 nitrogen and oxygen atoms in total. The second-order valence-corrected chi connectivity index (χ2v) is 7.19. The van der Waals surface area contributed by atoms with Crippen LogP contribution in [0, 0.1) is 0 Å². The number of carboxylic acids is 1. The smallest absolute Gasteiger partial charge is 0.305 e. The molecule has 1 aromatic heterocycles. The molecule has 3 rings (SSSR count). The van der Waals surface area contributed by atoms with Gasteiger partial charge in [0.1, 0.15) is 5.69 Å². The van der Waals surface area contributed by atoms with E-state index in [4.69, 9.17) is 28.3 Å². The van der Waals surface area contributed by atoms with Crippen molar-refractivity contribution in [1.29, 1.82) is 0 Å². The molecule has 2 heterocycles.